The van der Waals surface area contributed by atoms with E-state index in [0.29, 0.717) is 29.5 Å². The van der Waals surface area contributed by atoms with Gasteiger partial charge >= 0.3 is 0 Å². The van der Waals surface area contributed by atoms with Gasteiger partial charge in [0.1, 0.15) is 11.9 Å². The Kier molecular flexibility index (Phi) is 3.92. The Bertz CT molecular complexity index is 1380. The maximum atomic E-state index is 9.59. The fourth-order valence-electron chi connectivity index (χ4n) is 3.34. The summed E-state index contributed by atoms with van der Waals surface area (Å²) >= 11 is 0. The van der Waals surface area contributed by atoms with Gasteiger partial charge in [0, 0.05) is 18.0 Å². The van der Waals surface area contributed by atoms with Crippen LogP contribution < -0.4 is 5.32 Å². The summed E-state index contributed by atoms with van der Waals surface area (Å²) < 4.78 is 7.32. The van der Waals surface area contributed by atoms with Crippen LogP contribution in [0.25, 0.3) is 28.1 Å². The molecule has 0 bridgehead atoms. The molecule has 0 atom stereocenters. The van der Waals surface area contributed by atoms with Gasteiger partial charge in [-0.2, -0.15) is 10.2 Å². The van der Waals surface area contributed by atoms with E-state index in [2.05, 4.69) is 31.5 Å². The molecule has 1 N–H and O–H groups in total. The monoisotopic (exact) mass is 381 g/mol. The van der Waals surface area contributed by atoms with E-state index in [1.54, 1.807) is 12.4 Å². The first-order valence-corrected chi connectivity index (χ1v) is 9.02. The third-order valence-electron chi connectivity index (χ3n) is 4.71. The average molecular weight is 381 g/mol. The van der Waals surface area contributed by atoms with Crippen molar-refractivity contribution >= 4 is 22.5 Å². The van der Waals surface area contributed by atoms with Gasteiger partial charge in [-0.3, -0.25) is 9.38 Å². The molecule has 0 fully saturated rings. The minimum absolute atomic E-state index is 0.338. The molecule has 4 aromatic heterocycles. The van der Waals surface area contributed by atoms with Gasteiger partial charge in [0.05, 0.1) is 23.1 Å². The van der Waals surface area contributed by atoms with Crippen LogP contribution in [-0.4, -0.2) is 24.5 Å². The Morgan fingerprint density at radius 1 is 1.14 bits per heavy atom. The lowest BCUT2D eigenvalue weighted by Crippen LogP contribution is -2.06. The summed E-state index contributed by atoms with van der Waals surface area (Å²) in [4.78, 5) is 13.1. The minimum atomic E-state index is 0.338. The molecule has 0 aliphatic heterocycles. The van der Waals surface area contributed by atoms with Crippen LogP contribution in [0.3, 0.4) is 0 Å². The maximum Gasteiger partial charge on any atom is 0.246 e. The number of anilines is 1. The number of pyridine rings is 2. The second kappa shape index (κ2) is 6.73. The Morgan fingerprint density at radius 3 is 2.79 bits per heavy atom. The lowest BCUT2D eigenvalue weighted by Gasteiger charge is -2.11. The summed E-state index contributed by atoms with van der Waals surface area (Å²) in [5.74, 6) is 1.77. The quantitative estimate of drug-likeness (QED) is 0.506. The largest absolute Gasteiger partial charge is 0.362 e. The SMILES string of the molecule is Cc1cc(NCc2nc(-c3ccncc3)no2)n2c(nc3ccccc32)c1C#N. The molecule has 0 aliphatic carbocycles. The topological polar surface area (TPSA) is 105 Å². The Labute approximate surface area is 165 Å². The lowest BCUT2D eigenvalue weighted by molar-refractivity contribution is 0.384. The number of hydrogen-bond acceptors (Lipinski definition) is 7. The van der Waals surface area contributed by atoms with E-state index in [1.807, 2.05) is 53.8 Å². The zero-order valence-electron chi connectivity index (χ0n) is 15.5. The molecular weight excluding hydrogens is 366 g/mol. The Morgan fingerprint density at radius 2 is 1.97 bits per heavy atom. The number of imidazole rings is 1. The summed E-state index contributed by atoms with van der Waals surface area (Å²) in [7, 11) is 0. The van der Waals surface area contributed by atoms with Gasteiger partial charge in [-0.1, -0.05) is 17.3 Å². The normalized spacial score (nSPS) is 11.0. The van der Waals surface area contributed by atoms with E-state index in [0.717, 1.165) is 28.0 Å². The van der Waals surface area contributed by atoms with Crippen LogP contribution in [-0.2, 0) is 6.54 Å². The molecule has 0 amide bonds. The number of nitrogens with zero attached hydrogens (tertiary/aromatic N) is 6. The van der Waals surface area contributed by atoms with Crippen LogP contribution in [0.1, 0.15) is 17.0 Å². The third kappa shape index (κ3) is 2.85. The van der Waals surface area contributed by atoms with Crippen LogP contribution in [0.15, 0.2) is 59.4 Å². The predicted octanol–water partition coefficient (Wildman–Crippen LogP) is 3.72. The number of rotatable bonds is 4. The van der Waals surface area contributed by atoms with Gasteiger partial charge in [-0.15, -0.1) is 0 Å². The van der Waals surface area contributed by atoms with Gasteiger partial charge in [0.2, 0.25) is 11.7 Å². The smallest absolute Gasteiger partial charge is 0.246 e. The van der Waals surface area contributed by atoms with Crippen LogP contribution >= 0.6 is 0 Å². The van der Waals surface area contributed by atoms with Crippen molar-refractivity contribution in [3.63, 3.8) is 0 Å². The van der Waals surface area contributed by atoms with Crippen molar-refractivity contribution in [2.45, 2.75) is 13.5 Å². The molecule has 0 unspecified atom stereocenters. The molecule has 5 aromatic rings. The molecule has 0 radical (unpaired) electrons. The molecule has 1 aromatic carbocycles. The summed E-state index contributed by atoms with van der Waals surface area (Å²) in [6.45, 7) is 2.24. The number of aromatic nitrogens is 5. The molecule has 0 saturated heterocycles. The van der Waals surface area contributed by atoms with Crippen molar-refractivity contribution < 1.29 is 4.52 Å². The van der Waals surface area contributed by atoms with E-state index in [1.165, 1.54) is 0 Å². The lowest BCUT2D eigenvalue weighted by atomic mass is 10.1. The van der Waals surface area contributed by atoms with Crippen LogP contribution in [0, 0.1) is 18.3 Å². The first-order chi connectivity index (χ1) is 14.2. The number of fused-ring (bicyclic) bond motifs is 3. The van der Waals surface area contributed by atoms with Crippen molar-refractivity contribution in [3.8, 4) is 17.5 Å². The fraction of sp³-hybridized carbons (Fsp3) is 0.0952. The predicted molar refractivity (Wildman–Crippen MR) is 107 cm³/mol. The zero-order valence-corrected chi connectivity index (χ0v) is 15.5. The highest BCUT2D eigenvalue weighted by Gasteiger charge is 2.16. The van der Waals surface area contributed by atoms with Gasteiger partial charge < -0.3 is 9.84 Å². The second-order valence-electron chi connectivity index (χ2n) is 6.56. The van der Waals surface area contributed by atoms with E-state index in [4.69, 9.17) is 4.52 Å². The molecule has 0 saturated carbocycles. The molecule has 0 aliphatic rings. The highest BCUT2D eigenvalue weighted by atomic mass is 16.5. The summed E-state index contributed by atoms with van der Waals surface area (Å²) in [5.41, 5.74) is 4.62. The molecule has 8 nitrogen and oxygen atoms in total. The van der Waals surface area contributed by atoms with Crippen LogP contribution in [0.2, 0.25) is 0 Å². The average Bonchev–Trinajstić information content (AvgIpc) is 3.38. The summed E-state index contributed by atoms with van der Waals surface area (Å²) in [6.07, 6.45) is 3.37. The van der Waals surface area contributed by atoms with Crippen molar-refractivity contribution in [1.29, 1.82) is 5.26 Å². The zero-order chi connectivity index (χ0) is 19.8. The number of para-hydroxylation sites is 2. The van der Waals surface area contributed by atoms with E-state index in [-0.39, 0.29) is 0 Å². The van der Waals surface area contributed by atoms with Crippen LogP contribution in [0.5, 0.6) is 0 Å². The van der Waals surface area contributed by atoms with Gasteiger partial charge in [-0.25, -0.2) is 4.98 Å². The highest BCUT2D eigenvalue weighted by molar-refractivity contribution is 5.85. The number of aryl methyl sites for hydroxylation is 1. The van der Waals surface area contributed by atoms with Crippen LogP contribution in [0.4, 0.5) is 5.82 Å². The Balaban J connectivity index is 1.53. The Hall–Kier alpha value is -4.25. The summed E-state index contributed by atoms with van der Waals surface area (Å²) in [5, 5.41) is 17.0. The number of benzene rings is 1. The number of hydrogen-bond donors (Lipinski definition) is 1. The first-order valence-electron chi connectivity index (χ1n) is 9.02. The van der Waals surface area contributed by atoms with E-state index < -0.39 is 0 Å². The molecule has 8 heteroatoms. The van der Waals surface area contributed by atoms with Crippen molar-refractivity contribution in [2.24, 2.45) is 0 Å². The second-order valence-corrected chi connectivity index (χ2v) is 6.56. The van der Waals surface area contributed by atoms with Crippen molar-refractivity contribution in [1.82, 2.24) is 24.5 Å². The molecule has 29 heavy (non-hydrogen) atoms. The maximum absolute atomic E-state index is 9.59. The molecule has 0 spiro atoms. The molecule has 5 rings (SSSR count). The minimum Gasteiger partial charge on any atom is -0.362 e. The van der Waals surface area contributed by atoms with Crippen molar-refractivity contribution in [3.05, 3.63) is 71.9 Å². The molecular formula is C21H15N7O. The van der Waals surface area contributed by atoms with Gasteiger partial charge in [-0.05, 0) is 42.8 Å². The van der Waals surface area contributed by atoms with Gasteiger partial charge in [0.15, 0.2) is 5.65 Å². The van der Waals surface area contributed by atoms with E-state index >= 15 is 0 Å². The number of nitrogens with one attached hydrogen (secondary N) is 1. The van der Waals surface area contributed by atoms with Gasteiger partial charge in [0.25, 0.3) is 0 Å². The third-order valence-corrected chi connectivity index (χ3v) is 4.71. The standard InChI is InChI=1S/C21H15N7O/c1-13-10-18(24-12-19-26-20(27-29-19)14-6-8-23-9-7-14)28-17-5-3-2-4-16(17)25-21(28)15(13)11-22/h2-10,24H,12H2,1H3. The first kappa shape index (κ1) is 16.9. The molecule has 140 valence electrons. The summed E-state index contributed by atoms with van der Waals surface area (Å²) in [6, 6.07) is 15.6. The highest BCUT2D eigenvalue weighted by Crippen LogP contribution is 2.27. The number of nitriles is 1. The fourth-order valence-corrected chi connectivity index (χ4v) is 3.34. The van der Waals surface area contributed by atoms with Crippen molar-refractivity contribution in [2.75, 3.05) is 5.32 Å². The molecule has 4 heterocycles. The van der Waals surface area contributed by atoms with E-state index in [9.17, 15) is 5.26 Å².